The zero-order valence-corrected chi connectivity index (χ0v) is 19.1. The average Bonchev–Trinajstić information content (AvgIpc) is 3.13. The van der Waals surface area contributed by atoms with Gasteiger partial charge in [0, 0.05) is 27.8 Å². The molecule has 1 N–H and O–H groups in total. The fraction of sp³-hybridized carbons (Fsp3) is 0.167. The Balaban J connectivity index is 1.48. The van der Waals surface area contributed by atoms with E-state index in [1.807, 2.05) is 54.3 Å². The summed E-state index contributed by atoms with van der Waals surface area (Å²) in [7, 11) is 0. The summed E-state index contributed by atoms with van der Waals surface area (Å²) in [5, 5.41) is 4.10. The Morgan fingerprint density at radius 2 is 1.77 bits per heavy atom. The van der Waals surface area contributed by atoms with Gasteiger partial charge in [-0.05, 0) is 60.0 Å². The topological polar surface area (TPSA) is 49.4 Å². The highest BCUT2D eigenvalue weighted by molar-refractivity contribution is 8.00. The van der Waals surface area contributed by atoms with Crippen LogP contribution in [-0.4, -0.2) is 22.5 Å². The molecule has 0 radical (unpaired) electrons. The van der Waals surface area contributed by atoms with E-state index in [4.69, 9.17) is 23.2 Å². The third-order valence-corrected chi connectivity index (χ3v) is 7.13. The van der Waals surface area contributed by atoms with Crippen LogP contribution in [0, 0.1) is 6.92 Å². The zero-order valence-electron chi connectivity index (χ0n) is 16.8. The molecule has 31 heavy (non-hydrogen) atoms. The van der Waals surface area contributed by atoms with Gasteiger partial charge >= 0.3 is 0 Å². The van der Waals surface area contributed by atoms with Crippen molar-refractivity contribution in [2.75, 3.05) is 11.1 Å². The summed E-state index contributed by atoms with van der Waals surface area (Å²) in [6, 6.07) is 20.3. The number of carbonyl (C=O) groups excluding carboxylic acids is 2. The van der Waals surface area contributed by atoms with Gasteiger partial charge in [-0.25, -0.2) is 0 Å². The minimum absolute atomic E-state index is 0.0875. The SMILES string of the molecule is Cc1c(Cl)cccc1NC(=O)c1ccc([C@H]2SCC(=O)N2Cc2ccc(Cl)cc2)cc1. The molecule has 1 heterocycles. The number of hydrogen-bond donors (Lipinski definition) is 1. The quantitative estimate of drug-likeness (QED) is 0.473. The number of nitrogens with one attached hydrogen (secondary N) is 1. The second-order valence-electron chi connectivity index (χ2n) is 7.30. The molecule has 4 nitrogen and oxygen atoms in total. The molecule has 1 atom stereocenters. The summed E-state index contributed by atoms with van der Waals surface area (Å²) in [6.45, 7) is 2.38. The second kappa shape index (κ2) is 9.35. The summed E-state index contributed by atoms with van der Waals surface area (Å²) < 4.78 is 0. The van der Waals surface area contributed by atoms with Gasteiger partial charge in [0.25, 0.3) is 5.91 Å². The first-order chi connectivity index (χ1) is 14.9. The van der Waals surface area contributed by atoms with Gasteiger partial charge < -0.3 is 10.2 Å². The molecule has 0 saturated carbocycles. The average molecular weight is 471 g/mol. The van der Waals surface area contributed by atoms with Crippen molar-refractivity contribution in [3.63, 3.8) is 0 Å². The molecular weight excluding hydrogens is 451 g/mol. The Hall–Kier alpha value is -2.47. The molecule has 3 aromatic carbocycles. The Morgan fingerprint density at radius 3 is 2.48 bits per heavy atom. The molecule has 3 aromatic rings. The Bertz CT molecular complexity index is 1120. The lowest BCUT2D eigenvalue weighted by molar-refractivity contribution is -0.128. The van der Waals surface area contributed by atoms with E-state index >= 15 is 0 Å². The lowest BCUT2D eigenvalue weighted by atomic mass is 10.1. The number of halogens is 2. The standard InChI is InChI=1S/C24H20Cl2N2O2S/c1-15-20(26)3-2-4-21(15)27-23(30)17-7-9-18(10-8-17)24-28(22(29)14-31-24)13-16-5-11-19(25)12-6-16/h2-12,24H,13-14H2,1H3,(H,27,30)/t24-/m1/s1. The number of amides is 2. The van der Waals surface area contributed by atoms with Crippen LogP contribution in [0.2, 0.25) is 10.0 Å². The Kier molecular flexibility index (Phi) is 6.56. The van der Waals surface area contributed by atoms with Crippen molar-refractivity contribution in [3.8, 4) is 0 Å². The van der Waals surface area contributed by atoms with Crippen molar-refractivity contribution >= 4 is 52.5 Å². The number of rotatable bonds is 5. The van der Waals surface area contributed by atoms with Crippen LogP contribution in [0.5, 0.6) is 0 Å². The largest absolute Gasteiger partial charge is 0.322 e. The summed E-state index contributed by atoms with van der Waals surface area (Å²) in [6.07, 6.45) is 0. The van der Waals surface area contributed by atoms with Crippen molar-refractivity contribution in [3.05, 3.63) is 99.0 Å². The first kappa shape index (κ1) is 21.8. The first-order valence-electron chi connectivity index (χ1n) is 9.74. The number of nitrogens with zero attached hydrogens (tertiary/aromatic N) is 1. The van der Waals surface area contributed by atoms with Crippen molar-refractivity contribution in [1.82, 2.24) is 4.90 Å². The lowest BCUT2D eigenvalue weighted by Gasteiger charge is -2.24. The Morgan fingerprint density at radius 1 is 1.06 bits per heavy atom. The number of thioether (sulfide) groups is 1. The molecule has 0 aliphatic carbocycles. The van der Waals surface area contributed by atoms with Gasteiger partial charge in [0.2, 0.25) is 5.91 Å². The summed E-state index contributed by atoms with van der Waals surface area (Å²) in [5.74, 6) is 0.336. The molecule has 1 fully saturated rings. The third-order valence-electron chi connectivity index (χ3n) is 5.21. The highest BCUT2D eigenvalue weighted by Crippen LogP contribution is 2.39. The van der Waals surface area contributed by atoms with Crippen LogP contribution in [-0.2, 0) is 11.3 Å². The molecular formula is C24H20Cl2N2O2S. The normalized spacial score (nSPS) is 15.9. The van der Waals surface area contributed by atoms with E-state index in [1.54, 1.807) is 36.0 Å². The van der Waals surface area contributed by atoms with Crippen LogP contribution >= 0.6 is 35.0 Å². The van der Waals surface area contributed by atoms with Crippen LogP contribution in [0.3, 0.4) is 0 Å². The van der Waals surface area contributed by atoms with E-state index in [-0.39, 0.29) is 17.2 Å². The molecule has 0 unspecified atom stereocenters. The van der Waals surface area contributed by atoms with Gasteiger partial charge in [0.1, 0.15) is 5.37 Å². The number of carbonyl (C=O) groups is 2. The number of anilines is 1. The molecule has 1 saturated heterocycles. The maximum Gasteiger partial charge on any atom is 0.255 e. The molecule has 7 heteroatoms. The van der Waals surface area contributed by atoms with Crippen LogP contribution in [0.15, 0.2) is 66.7 Å². The fourth-order valence-corrected chi connectivity index (χ4v) is 4.91. The van der Waals surface area contributed by atoms with Crippen molar-refractivity contribution in [1.29, 1.82) is 0 Å². The van der Waals surface area contributed by atoms with Crippen LogP contribution in [0.1, 0.15) is 32.4 Å². The highest BCUT2D eigenvalue weighted by atomic mass is 35.5. The smallest absolute Gasteiger partial charge is 0.255 e. The van der Waals surface area contributed by atoms with Gasteiger partial charge in [-0.3, -0.25) is 9.59 Å². The molecule has 0 spiro atoms. The predicted octanol–water partition coefficient (Wildman–Crippen LogP) is 6.33. The van der Waals surface area contributed by atoms with Gasteiger partial charge in [0.05, 0.1) is 5.75 Å². The van der Waals surface area contributed by atoms with Crippen LogP contribution in [0.25, 0.3) is 0 Å². The molecule has 2 amide bonds. The van der Waals surface area contributed by atoms with Gasteiger partial charge in [-0.2, -0.15) is 0 Å². The van der Waals surface area contributed by atoms with E-state index in [2.05, 4.69) is 5.32 Å². The third kappa shape index (κ3) is 4.90. The van der Waals surface area contributed by atoms with Crippen molar-refractivity contribution in [2.45, 2.75) is 18.8 Å². The van der Waals surface area contributed by atoms with Crippen LogP contribution in [0.4, 0.5) is 5.69 Å². The highest BCUT2D eigenvalue weighted by Gasteiger charge is 2.32. The van der Waals surface area contributed by atoms with Crippen LogP contribution < -0.4 is 5.32 Å². The molecule has 158 valence electrons. The van der Waals surface area contributed by atoms with E-state index in [0.29, 0.717) is 33.6 Å². The molecule has 4 rings (SSSR count). The van der Waals surface area contributed by atoms with Gasteiger partial charge in [-0.15, -0.1) is 11.8 Å². The summed E-state index contributed by atoms with van der Waals surface area (Å²) in [4.78, 5) is 27.0. The monoisotopic (exact) mass is 470 g/mol. The van der Waals surface area contributed by atoms with E-state index in [0.717, 1.165) is 16.7 Å². The van der Waals surface area contributed by atoms with Gasteiger partial charge in [-0.1, -0.05) is 53.5 Å². The van der Waals surface area contributed by atoms with Crippen molar-refractivity contribution in [2.24, 2.45) is 0 Å². The van der Waals surface area contributed by atoms with Gasteiger partial charge in [0.15, 0.2) is 0 Å². The second-order valence-corrected chi connectivity index (χ2v) is 9.21. The molecule has 1 aliphatic heterocycles. The van der Waals surface area contributed by atoms with E-state index < -0.39 is 0 Å². The molecule has 1 aliphatic rings. The zero-order chi connectivity index (χ0) is 22.0. The Labute approximate surface area is 195 Å². The van der Waals surface area contributed by atoms with E-state index in [1.165, 1.54) is 0 Å². The maximum atomic E-state index is 12.7. The first-order valence-corrected chi connectivity index (χ1v) is 11.5. The summed E-state index contributed by atoms with van der Waals surface area (Å²) in [5.41, 5.74) is 4.07. The van der Waals surface area contributed by atoms with E-state index in [9.17, 15) is 9.59 Å². The fourth-order valence-electron chi connectivity index (χ4n) is 3.42. The van der Waals surface area contributed by atoms with Crippen molar-refractivity contribution < 1.29 is 9.59 Å². The molecule has 0 bridgehead atoms. The lowest BCUT2D eigenvalue weighted by Crippen LogP contribution is -2.27. The molecule has 0 aromatic heterocycles. The minimum atomic E-state index is -0.204. The maximum absolute atomic E-state index is 12.7. The minimum Gasteiger partial charge on any atom is -0.322 e. The predicted molar refractivity (Wildman–Crippen MR) is 128 cm³/mol. The number of hydrogen-bond acceptors (Lipinski definition) is 3. The summed E-state index contributed by atoms with van der Waals surface area (Å²) >= 11 is 13.7. The number of benzene rings is 3.